The number of ether oxygens (including phenoxy) is 1. The molecule has 2 N–H and O–H groups in total. The summed E-state index contributed by atoms with van der Waals surface area (Å²) in [5.74, 6) is 0.639. The number of halogens is 2. The van der Waals surface area contributed by atoms with Gasteiger partial charge in [0.15, 0.2) is 0 Å². The van der Waals surface area contributed by atoms with Crippen LogP contribution in [0.2, 0.25) is 10.0 Å². The van der Waals surface area contributed by atoms with Crippen LogP contribution in [0.15, 0.2) is 30.3 Å². The maximum absolute atomic E-state index is 12.8. The first kappa shape index (κ1) is 32.4. The molecule has 4 atom stereocenters. The van der Waals surface area contributed by atoms with Crippen LogP contribution in [0.4, 0.5) is 0 Å². The highest BCUT2D eigenvalue weighted by molar-refractivity contribution is 6.35. The van der Waals surface area contributed by atoms with Crippen LogP contribution in [0, 0.1) is 13.8 Å². The number of hydrogen-bond donors (Lipinski definition) is 2. The predicted octanol–water partition coefficient (Wildman–Crippen LogP) is 6.28. The minimum absolute atomic E-state index is 0.0155. The molecule has 0 spiro atoms. The molecule has 0 bridgehead atoms. The van der Waals surface area contributed by atoms with E-state index in [4.69, 9.17) is 27.9 Å². The Kier molecular flexibility index (Phi) is 12.9. The van der Waals surface area contributed by atoms with E-state index in [1.165, 1.54) is 11.1 Å². The van der Waals surface area contributed by atoms with Gasteiger partial charge in [-0.2, -0.15) is 0 Å². The molecule has 4 unspecified atom stereocenters. The van der Waals surface area contributed by atoms with E-state index in [0.29, 0.717) is 22.2 Å². The third-order valence-corrected chi connectivity index (χ3v) is 8.04. The molecule has 1 amide bonds. The lowest BCUT2D eigenvalue weighted by atomic mass is 9.95. The Morgan fingerprint density at radius 1 is 1.05 bits per heavy atom. The third kappa shape index (κ3) is 9.13. The van der Waals surface area contributed by atoms with E-state index in [1.807, 2.05) is 13.1 Å². The van der Waals surface area contributed by atoms with Crippen molar-refractivity contribution in [1.82, 2.24) is 15.1 Å². The van der Waals surface area contributed by atoms with Crippen LogP contribution in [0.25, 0.3) is 0 Å². The summed E-state index contributed by atoms with van der Waals surface area (Å²) >= 11 is 12.2. The smallest absolute Gasteiger partial charge is 0.251 e. The van der Waals surface area contributed by atoms with Crippen LogP contribution < -0.4 is 10.1 Å². The number of carbonyl (C=O) groups excluding carboxylic acids is 1. The summed E-state index contributed by atoms with van der Waals surface area (Å²) < 4.78 is 5.98. The van der Waals surface area contributed by atoms with E-state index < -0.39 is 6.10 Å². The van der Waals surface area contributed by atoms with Gasteiger partial charge in [0, 0.05) is 40.3 Å². The third-order valence-electron chi connectivity index (χ3n) is 7.61. The van der Waals surface area contributed by atoms with Gasteiger partial charge in [0.1, 0.15) is 18.5 Å². The van der Waals surface area contributed by atoms with Gasteiger partial charge in [0.2, 0.25) is 0 Å². The Bertz CT molecular complexity index is 1050. The van der Waals surface area contributed by atoms with E-state index in [1.54, 1.807) is 18.2 Å². The van der Waals surface area contributed by atoms with Gasteiger partial charge < -0.3 is 20.1 Å². The van der Waals surface area contributed by atoms with Crippen molar-refractivity contribution in [3.05, 3.63) is 62.6 Å². The minimum atomic E-state index is -0.534. The molecule has 38 heavy (non-hydrogen) atoms. The maximum atomic E-state index is 12.8. The highest BCUT2D eigenvalue weighted by Crippen LogP contribution is 2.31. The standard InChI is InChI=1S/C30H45Cl2N3O3/c1-9-26(33-30(37)23-14-24(31)16-25(32)15-23)13-19(3)35(8)22(6)28-11-12-29(21(5)20(28)4)38-18-27(36)17-34(7)10-2/h11-12,14-16,19,22,26-27,36H,9-10,13,17-18H2,1-8H3,(H,33,37). The molecule has 2 rings (SSSR count). The van der Waals surface area contributed by atoms with Crippen molar-refractivity contribution in [2.45, 2.75) is 78.6 Å². The van der Waals surface area contributed by atoms with Crippen molar-refractivity contribution >= 4 is 29.1 Å². The van der Waals surface area contributed by atoms with Crippen LogP contribution >= 0.6 is 23.2 Å². The molecule has 8 heteroatoms. The molecule has 0 saturated heterocycles. The molecular weight excluding hydrogens is 521 g/mol. The second-order valence-electron chi connectivity index (χ2n) is 10.4. The molecule has 212 valence electrons. The number of carbonyl (C=O) groups is 1. The highest BCUT2D eigenvalue weighted by Gasteiger charge is 2.24. The fourth-order valence-corrected chi connectivity index (χ4v) is 5.14. The van der Waals surface area contributed by atoms with Crippen LogP contribution in [0.1, 0.15) is 73.6 Å². The van der Waals surface area contributed by atoms with Gasteiger partial charge in [-0.1, -0.05) is 43.1 Å². The molecule has 0 aliphatic carbocycles. The number of nitrogens with zero attached hydrogens (tertiary/aromatic N) is 2. The van der Waals surface area contributed by atoms with Crippen LogP contribution in [-0.2, 0) is 0 Å². The van der Waals surface area contributed by atoms with Gasteiger partial charge in [-0.25, -0.2) is 0 Å². The summed E-state index contributed by atoms with van der Waals surface area (Å²) in [6.45, 7) is 14.5. The molecule has 0 radical (unpaired) electrons. The van der Waals surface area contributed by atoms with E-state index in [0.717, 1.165) is 30.7 Å². The van der Waals surface area contributed by atoms with E-state index in [-0.39, 0.29) is 30.6 Å². The van der Waals surface area contributed by atoms with E-state index in [2.05, 4.69) is 69.8 Å². The zero-order valence-electron chi connectivity index (χ0n) is 24.1. The summed E-state index contributed by atoms with van der Waals surface area (Å²) in [5, 5.41) is 14.3. The van der Waals surface area contributed by atoms with E-state index in [9.17, 15) is 9.90 Å². The molecule has 0 saturated carbocycles. The Morgan fingerprint density at radius 2 is 1.68 bits per heavy atom. The summed E-state index contributed by atoms with van der Waals surface area (Å²) in [6.07, 6.45) is 1.09. The lowest BCUT2D eigenvalue weighted by Crippen LogP contribution is -2.41. The SMILES string of the molecule is CCC(CC(C)N(C)C(C)c1ccc(OCC(O)CN(C)CC)c(C)c1C)NC(=O)c1cc(Cl)cc(Cl)c1. The number of aliphatic hydroxyl groups excluding tert-OH is 1. The average Bonchev–Trinajstić information content (AvgIpc) is 2.87. The summed E-state index contributed by atoms with van der Waals surface area (Å²) in [7, 11) is 4.11. The second-order valence-corrected chi connectivity index (χ2v) is 11.3. The van der Waals surface area contributed by atoms with Crippen molar-refractivity contribution in [2.75, 3.05) is 33.8 Å². The Hall–Kier alpha value is -1.83. The fraction of sp³-hybridized carbons (Fsp3) is 0.567. The van der Waals surface area contributed by atoms with E-state index >= 15 is 0 Å². The van der Waals surface area contributed by atoms with Gasteiger partial charge in [0.05, 0.1) is 0 Å². The number of likely N-dealkylation sites (N-methyl/N-ethyl adjacent to an activating group) is 1. The maximum Gasteiger partial charge on any atom is 0.251 e. The monoisotopic (exact) mass is 565 g/mol. The van der Waals surface area contributed by atoms with Crippen molar-refractivity contribution in [3.8, 4) is 5.75 Å². The number of benzene rings is 2. The van der Waals surface area contributed by atoms with Gasteiger partial charge in [-0.3, -0.25) is 9.69 Å². The van der Waals surface area contributed by atoms with Gasteiger partial charge in [0.25, 0.3) is 5.91 Å². The lowest BCUT2D eigenvalue weighted by Gasteiger charge is -2.34. The molecule has 0 aromatic heterocycles. The van der Waals surface area contributed by atoms with Crippen molar-refractivity contribution in [1.29, 1.82) is 0 Å². The first-order valence-electron chi connectivity index (χ1n) is 13.5. The number of amides is 1. The van der Waals surface area contributed by atoms with Crippen molar-refractivity contribution < 1.29 is 14.6 Å². The highest BCUT2D eigenvalue weighted by atomic mass is 35.5. The summed E-state index contributed by atoms with van der Waals surface area (Å²) in [6, 6.07) is 9.42. The normalized spacial score (nSPS) is 14.9. The van der Waals surface area contributed by atoms with Crippen LogP contribution in [-0.4, -0.2) is 72.8 Å². The number of hydrogen-bond acceptors (Lipinski definition) is 5. The first-order valence-corrected chi connectivity index (χ1v) is 14.2. The number of rotatable bonds is 14. The Morgan fingerprint density at radius 3 is 2.26 bits per heavy atom. The predicted molar refractivity (Wildman–Crippen MR) is 159 cm³/mol. The lowest BCUT2D eigenvalue weighted by molar-refractivity contribution is 0.0775. The van der Waals surface area contributed by atoms with Crippen LogP contribution in [0.5, 0.6) is 5.75 Å². The second kappa shape index (κ2) is 15.1. The van der Waals surface area contributed by atoms with Crippen LogP contribution in [0.3, 0.4) is 0 Å². The van der Waals surface area contributed by atoms with Crippen molar-refractivity contribution in [3.63, 3.8) is 0 Å². The van der Waals surface area contributed by atoms with Crippen molar-refractivity contribution in [2.24, 2.45) is 0 Å². The molecular formula is C30H45Cl2N3O3. The largest absolute Gasteiger partial charge is 0.491 e. The fourth-order valence-electron chi connectivity index (χ4n) is 4.61. The zero-order valence-corrected chi connectivity index (χ0v) is 25.7. The molecule has 0 aliphatic rings. The summed E-state index contributed by atoms with van der Waals surface area (Å²) in [5.41, 5.74) is 3.98. The molecule has 0 heterocycles. The molecule has 6 nitrogen and oxygen atoms in total. The average molecular weight is 567 g/mol. The topological polar surface area (TPSA) is 65.0 Å². The Labute approximate surface area is 239 Å². The molecule has 0 fully saturated rings. The summed E-state index contributed by atoms with van der Waals surface area (Å²) in [4.78, 5) is 17.2. The zero-order chi connectivity index (χ0) is 28.6. The molecule has 2 aromatic rings. The molecule has 0 aliphatic heterocycles. The molecule has 2 aromatic carbocycles. The van der Waals surface area contributed by atoms with Gasteiger partial charge in [-0.15, -0.1) is 0 Å². The Balaban J connectivity index is 2.03. The quantitative estimate of drug-likeness (QED) is 0.282. The first-order chi connectivity index (χ1) is 17.9. The number of aliphatic hydroxyl groups is 1. The number of nitrogens with one attached hydrogen (secondary N) is 1. The van der Waals surface area contributed by atoms with Gasteiger partial charge in [-0.05, 0) is 102 Å². The minimum Gasteiger partial charge on any atom is -0.491 e. The van der Waals surface area contributed by atoms with Gasteiger partial charge >= 0.3 is 0 Å².